The molecule has 1 atom stereocenters. The van der Waals surface area contributed by atoms with Crippen LogP contribution in [0.15, 0.2) is 11.0 Å². The van der Waals surface area contributed by atoms with Crippen molar-refractivity contribution < 1.29 is 9.53 Å². The Morgan fingerprint density at radius 2 is 2.23 bits per heavy atom. The van der Waals surface area contributed by atoms with Crippen LogP contribution in [0, 0.1) is 6.92 Å². The van der Waals surface area contributed by atoms with Crippen LogP contribution < -0.4 is 10.9 Å². The first-order valence-corrected chi connectivity index (χ1v) is 9.20. The number of nitrogens with zero attached hydrogens (tertiary/aromatic N) is 3. The van der Waals surface area contributed by atoms with Crippen molar-refractivity contribution in [3.8, 4) is 5.95 Å². The average molecular weight is 357 g/mol. The van der Waals surface area contributed by atoms with Gasteiger partial charge in [0.15, 0.2) is 0 Å². The first-order valence-electron chi connectivity index (χ1n) is 9.20. The molecule has 2 N–H and O–H groups in total. The van der Waals surface area contributed by atoms with Gasteiger partial charge in [-0.3, -0.25) is 14.6 Å². The largest absolute Gasteiger partial charge is 0.376 e. The maximum Gasteiger partial charge on any atom is 0.255 e. The van der Waals surface area contributed by atoms with Gasteiger partial charge in [0.25, 0.3) is 11.5 Å². The second-order valence-corrected chi connectivity index (χ2v) is 6.92. The van der Waals surface area contributed by atoms with E-state index in [9.17, 15) is 9.59 Å². The Kier molecular flexibility index (Phi) is 4.58. The summed E-state index contributed by atoms with van der Waals surface area (Å²) in [7, 11) is 0. The third-order valence-electron chi connectivity index (χ3n) is 5.15. The lowest BCUT2D eigenvalue weighted by molar-refractivity contribution is 0.0857. The molecule has 4 rings (SSSR count). The van der Waals surface area contributed by atoms with Crippen molar-refractivity contribution >= 4 is 5.91 Å². The number of nitrogens with one attached hydrogen (secondary N) is 2. The summed E-state index contributed by atoms with van der Waals surface area (Å²) >= 11 is 0. The van der Waals surface area contributed by atoms with Gasteiger partial charge in [-0.25, -0.2) is 9.67 Å². The van der Waals surface area contributed by atoms with Gasteiger partial charge in [-0.1, -0.05) is 0 Å². The lowest BCUT2D eigenvalue weighted by atomic mass is 9.97. The summed E-state index contributed by atoms with van der Waals surface area (Å²) in [6, 6.07) is 0. The minimum absolute atomic E-state index is 0.0907. The summed E-state index contributed by atoms with van der Waals surface area (Å²) in [6.07, 6.45) is 7.25. The van der Waals surface area contributed by atoms with Crippen molar-refractivity contribution in [2.75, 3.05) is 13.2 Å². The van der Waals surface area contributed by atoms with E-state index in [1.807, 2.05) is 0 Å². The number of carbonyl (C=O) groups excluding carboxylic acids is 1. The zero-order valence-corrected chi connectivity index (χ0v) is 14.9. The minimum Gasteiger partial charge on any atom is -0.376 e. The lowest BCUT2D eigenvalue weighted by Gasteiger charge is -2.15. The molecule has 1 aliphatic heterocycles. The average Bonchev–Trinajstić information content (AvgIpc) is 3.29. The van der Waals surface area contributed by atoms with E-state index in [-0.39, 0.29) is 17.6 Å². The molecule has 1 fully saturated rings. The number of aromatic nitrogens is 4. The van der Waals surface area contributed by atoms with E-state index in [1.54, 1.807) is 6.92 Å². The summed E-state index contributed by atoms with van der Waals surface area (Å²) in [5.41, 5.74) is 2.63. The molecule has 26 heavy (non-hydrogen) atoms. The summed E-state index contributed by atoms with van der Waals surface area (Å²) in [6.45, 7) is 3.06. The van der Waals surface area contributed by atoms with Crippen molar-refractivity contribution in [2.45, 2.75) is 51.6 Å². The molecule has 8 nitrogen and oxygen atoms in total. The highest BCUT2D eigenvalue weighted by Crippen LogP contribution is 2.18. The normalized spacial score (nSPS) is 19.3. The Bertz CT molecular complexity index is 879. The van der Waals surface area contributed by atoms with Gasteiger partial charge in [-0.05, 0) is 45.4 Å². The first kappa shape index (κ1) is 17.0. The smallest absolute Gasteiger partial charge is 0.255 e. The van der Waals surface area contributed by atoms with Gasteiger partial charge < -0.3 is 10.1 Å². The number of carbonyl (C=O) groups is 1. The van der Waals surface area contributed by atoms with E-state index in [2.05, 4.69) is 20.4 Å². The molecular weight excluding hydrogens is 334 g/mol. The summed E-state index contributed by atoms with van der Waals surface area (Å²) < 4.78 is 7.05. The fraction of sp³-hybridized carbons (Fsp3) is 0.556. The minimum atomic E-state index is -0.190. The Hall–Kier alpha value is -2.48. The molecule has 8 heteroatoms. The number of aryl methyl sites for hydroxylation is 1. The van der Waals surface area contributed by atoms with Gasteiger partial charge in [-0.2, -0.15) is 5.10 Å². The highest BCUT2D eigenvalue weighted by atomic mass is 16.5. The topological polar surface area (TPSA) is 102 Å². The van der Waals surface area contributed by atoms with Crippen LogP contribution in [0.1, 0.15) is 53.0 Å². The highest BCUT2D eigenvalue weighted by Gasteiger charge is 2.21. The van der Waals surface area contributed by atoms with Crippen molar-refractivity contribution in [1.29, 1.82) is 0 Å². The maximum absolute atomic E-state index is 12.5. The third-order valence-corrected chi connectivity index (χ3v) is 5.15. The fourth-order valence-electron chi connectivity index (χ4n) is 3.64. The van der Waals surface area contributed by atoms with Gasteiger partial charge in [-0.15, -0.1) is 0 Å². The van der Waals surface area contributed by atoms with E-state index in [0.29, 0.717) is 23.8 Å². The Morgan fingerprint density at radius 3 is 3.04 bits per heavy atom. The molecule has 2 aromatic rings. The first-order chi connectivity index (χ1) is 12.6. The van der Waals surface area contributed by atoms with Crippen LogP contribution in [0.25, 0.3) is 5.95 Å². The van der Waals surface area contributed by atoms with Gasteiger partial charge in [0, 0.05) is 18.7 Å². The molecule has 0 aromatic carbocycles. The number of rotatable bonds is 4. The van der Waals surface area contributed by atoms with Gasteiger partial charge in [0.05, 0.1) is 29.3 Å². The fourth-order valence-corrected chi connectivity index (χ4v) is 3.64. The van der Waals surface area contributed by atoms with Crippen molar-refractivity contribution in [1.82, 2.24) is 25.1 Å². The van der Waals surface area contributed by atoms with Gasteiger partial charge in [0.1, 0.15) is 0 Å². The van der Waals surface area contributed by atoms with Crippen molar-refractivity contribution in [3.63, 3.8) is 0 Å². The Balaban J connectivity index is 1.56. The number of amides is 1. The van der Waals surface area contributed by atoms with Crippen LogP contribution in [0.2, 0.25) is 0 Å². The molecule has 1 amide bonds. The van der Waals surface area contributed by atoms with Crippen LogP contribution in [0.3, 0.4) is 0 Å². The molecule has 1 aliphatic carbocycles. The number of aromatic amines is 1. The standard InChI is InChI=1S/C18H23N5O3/c1-11-14(16(24)19-9-12-5-4-8-26-12)10-20-23(11)18-21-15-7-3-2-6-13(15)17(25)22-18/h10,12H,2-9H2,1H3,(H,19,24)(H,21,22,25). The number of H-pyrrole nitrogens is 1. The molecule has 2 aromatic heterocycles. The zero-order chi connectivity index (χ0) is 18.1. The number of hydrogen-bond donors (Lipinski definition) is 2. The summed E-state index contributed by atoms with van der Waals surface area (Å²) in [5.74, 6) is 0.177. The quantitative estimate of drug-likeness (QED) is 0.852. The van der Waals surface area contributed by atoms with Crippen molar-refractivity contribution in [2.24, 2.45) is 0 Å². The molecule has 0 bridgehead atoms. The van der Waals surface area contributed by atoms with E-state index in [1.165, 1.54) is 10.9 Å². The van der Waals surface area contributed by atoms with Crippen LogP contribution in [0.5, 0.6) is 0 Å². The predicted octanol–water partition coefficient (Wildman–Crippen LogP) is 1.05. The second kappa shape index (κ2) is 7.03. The summed E-state index contributed by atoms with van der Waals surface area (Å²) in [5, 5.41) is 7.17. The molecule has 3 heterocycles. The highest BCUT2D eigenvalue weighted by molar-refractivity contribution is 5.95. The van der Waals surface area contributed by atoms with Gasteiger partial charge >= 0.3 is 0 Å². The predicted molar refractivity (Wildman–Crippen MR) is 94.7 cm³/mol. The van der Waals surface area contributed by atoms with Crippen LogP contribution in [-0.4, -0.2) is 44.9 Å². The molecule has 1 unspecified atom stereocenters. The van der Waals surface area contributed by atoms with Crippen molar-refractivity contribution in [3.05, 3.63) is 39.1 Å². The van der Waals surface area contributed by atoms with E-state index in [4.69, 9.17) is 4.74 Å². The summed E-state index contributed by atoms with van der Waals surface area (Å²) in [4.78, 5) is 32.2. The zero-order valence-electron chi connectivity index (χ0n) is 14.9. The molecule has 138 valence electrons. The number of ether oxygens (including phenoxy) is 1. The Morgan fingerprint density at radius 1 is 1.38 bits per heavy atom. The van der Waals surface area contributed by atoms with E-state index in [0.717, 1.165) is 56.4 Å². The van der Waals surface area contributed by atoms with E-state index < -0.39 is 0 Å². The molecular formula is C18H23N5O3. The molecule has 1 saturated heterocycles. The number of hydrogen-bond acceptors (Lipinski definition) is 5. The monoisotopic (exact) mass is 357 g/mol. The van der Waals surface area contributed by atoms with Gasteiger partial charge in [0.2, 0.25) is 5.95 Å². The van der Waals surface area contributed by atoms with Crippen LogP contribution >= 0.6 is 0 Å². The number of fused-ring (bicyclic) bond motifs is 1. The SMILES string of the molecule is Cc1c(C(=O)NCC2CCCO2)cnn1-c1nc2c(c(=O)[nH]1)CCCC2. The lowest BCUT2D eigenvalue weighted by Crippen LogP contribution is -2.32. The molecule has 0 spiro atoms. The van der Waals surface area contributed by atoms with Crippen LogP contribution in [0.4, 0.5) is 0 Å². The molecule has 2 aliphatic rings. The second-order valence-electron chi connectivity index (χ2n) is 6.92. The molecule has 0 radical (unpaired) electrons. The van der Waals surface area contributed by atoms with E-state index >= 15 is 0 Å². The maximum atomic E-state index is 12.5. The Labute approximate surface area is 151 Å². The van der Waals surface area contributed by atoms with Crippen LogP contribution in [-0.2, 0) is 17.6 Å². The third kappa shape index (κ3) is 3.16. The molecule has 0 saturated carbocycles.